The molecular weight excluding hydrogens is 220 g/mol. The molecule has 0 atom stereocenters. The summed E-state index contributed by atoms with van der Waals surface area (Å²) in [4.78, 5) is 14.8. The molecule has 0 radical (unpaired) electrons. The fraction of sp³-hybridized carbons (Fsp3) is 0.583. The van der Waals surface area contributed by atoms with Crippen LogP contribution in [0.2, 0.25) is 0 Å². The van der Waals surface area contributed by atoms with Crippen molar-refractivity contribution in [3.63, 3.8) is 0 Å². The highest BCUT2D eigenvalue weighted by Crippen LogP contribution is 2.39. The minimum absolute atomic E-state index is 0.0109. The van der Waals surface area contributed by atoms with Crippen molar-refractivity contribution >= 4 is 5.69 Å². The largest absolute Gasteiger partial charge is 0.482 e. The standard InChI is InChI=1S/C12H16N2O3/c1-12(2,3)11-10(17-8-4-5-8)9(14(15)16)6-7-13-11/h6-8H,4-5H2,1-3H3. The van der Waals surface area contributed by atoms with Crippen LogP contribution in [0.1, 0.15) is 39.3 Å². The summed E-state index contributed by atoms with van der Waals surface area (Å²) in [5, 5.41) is 11.0. The number of hydrogen-bond donors (Lipinski definition) is 0. The summed E-state index contributed by atoms with van der Waals surface area (Å²) in [7, 11) is 0. The maximum absolute atomic E-state index is 11.0. The van der Waals surface area contributed by atoms with Gasteiger partial charge in [-0.2, -0.15) is 0 Å². The van der Waals surface area contributed by atoms with Crippen molar-refractivity contribution in [3.05, 3.63) is 28.1 Å². The first-order valence-corrected chi connectivity index (χ1v) is 5.70. The van der Waals surface area contributed by atoms with Crippen molar-refractivity contribution in [2.75, 3.05) is 0 Å². The lowest BCUT2D eigenvalue weighted by Gasteiger charge is -2.20. The van der Waals surface area contributed by atoms with Crippen molar-refractivity contribution in [1.29, 1.82) is 0 Å². The minimum atomic E-state index is -0.408. The van der Waals surface area contributed by atoms with Gasteiger partial charge in [-0.15, -0.1) is 0 Å². The molecule has 1 aliphatic carbocycles. The normalized spacial score (nSPS) is 15.7. The maximum Gasteiger partial charge on any atom is 0.314 e. The number of nitrogens with zero attached hydrogens (tertiary/aromatic N) is 2. The predicted molar refractivity (Wildman–Crippen MR) is 63.2 cm³/mol. The molecule has 1 aromatic heterocycles. The molecule has 5 nitrogen and oxygen atoms in total. The van der Waals surface area contributed by atoms with Crippen LogP contribution < -0.4 is 4.74 Å². The van der Waals surface area contributed by atoms with Crippen LogP contribution in [-0.2, 0) is 5.41 Å². The highest BCUT2D eigenvalue weighted by atomic mass is 16.6. The molecular formula is C12H16N2O3. The molecule has 0 aromatic carbocycles. The molecule has 1 saturated carbocycles. The molecule has 1 heterocycles. The zero-order valence-corrected chi connectivity index (χ0v) is 10.3. The van der Waals surface area contributed by atoms with Crippen molar-refractivity contribution in [2.45, 2.75) is 45.1 Å². The van der Waals surface area contributed by atoms with E-state index in [4.69, 9.17) is 4.74 Å². The molecule has 0 spiro atoms. The lowest BCUT2D eigenvalue weighted by molar-refractivity contribution is -0.386. The van der Waals surface area contributed by atoms with Gasteiger partial charge < -0.3 is 4.74 Å². The summed E-state index contributed by atoms with van der Waals surface area (Å²) < 4.78 is 5.67. The molecule has 1 aromatic rings. The van der Waals surface area contributed by atoms with Gasteiger partial charge in [-0.1, -0.05) is 20.8 Å². The SMILES string of the molecule is CC(C)(C)c1nccc([N+](=O)[O-])c1OC1CC1. The smallest absolute Gasteiger partial charge is 0.314 e. The average molecular weight is 236 g/mol. The monoisotopic (exact) mass is 236 g/mol. The second-order valence-corrected chi connectivity index (χ2v) is 5.33. The van der Waals surface area contributed by atoms with Crippen LogP contribution >= 0.6 is 0 Å². The Kier molecular flexibility index (Phi) is 2.77. The summed E-state index contributed by atoms with van der Waals surface area (Å²) >= 11 is 0. The summed E-state index contributed by atoms with van der Waals surface area (Å²) in [6, 6.07) is 1.40. The number of ether oxygens (including phenoxy) is 1. The lowest BCUT2D eigenvalue weighted by Crippen LogP contribution is -2.17. The third-order valence-electron chi connectivity index (χ3n) is 2.60. The first kappa shape index (κ1) is 11.8. The number of rotatable bonds is 3. The first-order chi connectivity index (χ1) is 7.89. The van der Waals surface area contributed by atoms with Crippen LogP contribution in [0, 0.1) is 10.1 Å². The molecule has 0 bridgehead atoms. The zero-order valence-electron chi connectivity index (χ0n) is 10.3. The summed E-state index contributed by atoms with van der Waals surface area (Å²) in [6.07, 6.45) is 3.53. The van der Waals surface area contributed by atoms with E-state index in [1.165, 1.54) is 12.3 Å². The van der Waals surface area contributed by atoms with E-state index in [0.717, 1.165) is 12.8 Å². The number of pyridine rings is 1. The van der Waals surface area contributed by atoms with Crippen LogP contribution in [0.5, 0.6) is 5.75 Å². The Balaban J connectivity index is 2.49. The molecule has 0 amide bonds. The summed E-state index contributed by atoms with van der Waals surface area (Å²) in [6.45, 7) is 5.91. The van der Waals surface area contributed by atoms with Crippen molar-refractivity contribution in [2.24, 2.45) is 0 Å². The van der Waals surface area contributed by atoms with Gasteiger partial charge in [-0.05, 0) is 12.8 Å². The highest BCUT2D eigenvalue weighted by molar-refractivity contribution is 5.50. The number of hydrogen-bond acceptors (Lipinski definition) is 4. The fourth-order valence-corrected chi connectivity index (χ4v) is 1.58. The topological polar surface area (TPSA) is 65.3 Å². The molecule has 0 unspecified atom stereocenters. The van der Waals surface area contributed by atoms with Gasteiger partial charge >= 0.3 is 5.69 Å². The van der Waals surface area contributed by atoms with Gasteiger partial charge in [-0.25, -0.2) is 0 Å². The molecule has 5 heteroatoms. The van der Waals surface area contributed by atoms with Crippen molar-refractivity contribution < 1.29 is 9.66 Å². The number of aromatic nitrogens is 1. The van der Waals surface area contributed by atoms with E-state index in [0.29, 0.717) is 11.4 Å². The fourth-order valence-electron chi connectivity index (χ4n) is 1.58. The van der Waals surface area contributed by atoms with E-state index in [-0.39, 0.29) is 17.2 Å². The van der Waals surface area contributed by atoms with Gasteiger partial charge in [0.05, 0.1) is 16.7 Å². The van der Waals surface area contributed by atoms with Gasteiger partial charge in [0, 0.05) is 17.7 Å². The zero-order chi connectivity index (χ0) is 12.6. The Hall–Kier alpha value is -1.65. The third kappa shape index (κ3) is 2.54. The van der Waals surface area contributed by atoms with Crippen LogP contribution in [0.4, 0.5) is 5.69 Å². The van der Waals surface area contributed by atoms with Crippen LogP contribution in [0.3, 0.4) is 0 Å². The van der Waals surface area contributed by atoms with E-state index < -0.39 is 4.92 Å². The maximum atomic E-state index is 11.0. The van der Waals surface area contributed by atoms with E-state index in [1.807, 2.05) is 20.8 Å². The van der Waals surface area contributed by atoms with Crippen LogP contribution in [0.25, 0.3) is 0 Å². The molecule has 2 rings (SSSR count). The third-order valence-corrected chi connectivity index (χ3v) is 2.60. The van der Waals surface area contributed by atoms with E-state index in [1.54, 1.807) is 0 Å². The van der Waals surface area contributed by atoms with E-state index in [9.17, 15) is 10.1 Å². The Labute approximate surface area is 100.0 Å². The lowest BCUT2D eigenvalue weighted by atomic mass is 9.90. The Morgan fingerprint density at radius 3 is 2.59 bits per heavy atom. The van der Waals surface area contributed by atoms with Gasteiger partial charge in [0.15, 0.2) is 0 Å². The van der Waals surface area contributed by atoms with Crippen LogP contribution in [0.15, 0.2) is 12.3 Å². The average Bonchev–Trinajstić information content (AvgIpc) is 3.00. The van der Waals surface area contributed by atoms with Crippen molar-refractivity contribution in [1.82, 2.24) is 4.98 Å². The van der Waals surface area contributed by atoms with Gasteiger partial charge in [-0.3, -0.25) is 15.1 Å². The van der Waals surface area contributed by atoms with Crippen LogP contribution in [-0.4, -0.2) is 16.0 Å². The molecule has 92 valence electrons. The summed E-state index contributed by atoms with van der Waals surface area (Å²) in [5.41, 5.74) is 0.395. The molecule has 0 N–H and O–H groups in total. The van der Waals surface area contributed by atoms with Crippen molar-refractivity contribution in [3.8, 4) is 5.75 Å². The molecule has 0 aliphatic heterocycles. The summed E-state index contributed by atoms with van der Waals surface area (Å²) in [5.74, 6) is 0.340. The number of nitro groups is 1. The quantitative estimate of drug-likeness (QED) is 0.598. The molecule has 0 saturated heterocycles. The molecule has 1 aliphatic rings. The van der Waals surface area contributed by atoms with Gasteiger partial charge in [0.1, 0.15) is 0 Å². The first-order valence-electron chi connectivity index (χ1n) is 5.70. The Morgan fingerprint density at radius 2 is 2.12 bits per heavy atom. The highest BCUT2D eigenvalue weighted by Gasteiger charge is 2.33. The Bertz CT molecular complexity index is 448. The second-order valence-electron chi connectivity index (χ2n) is 5.33. The van der Waals surface area contributed by atoms with Gasteiger partial charge in [0.25, 0.3) is 0 Å². The predicted octanol–water partition coefficient (Wildman–Crippen LogP) is 2.83. The Morgan fingerprint density at radius 1 is 1.47 bits per heavy atom. The van der Waals surface area contributed by atoms with Gasteiger partial charge in [0.2, 0.25) is 5.75 Å². The van der Waals surface area contributed by atoms with E-state index in [2.05, 4.69) is 4.98 Å². The molecule has 1 fully saturated rings. The van der Waals surface area contributed by atoms with E-state index >= 15 is 0 Å². The second kappa shape index (κ2) is 3.98. The molecule has 17 heavy (non-hydrogen) atoms. The minimum Gasteiger partial charge on any atom is -0.482 e.